The largest absolute Gasteiger partial charge is 0.508 e. The summed E-state index contributed by atoms with van der Waals surface area (Å²) in [6, 6.07) is 4.86. The zero-order chi connectivity index (χ0) is 14.9. The van der Waals surface area contributed by atoms with Gasteiger partial charge >= 0.3 is 0 Å². The van der Waals surface area contributed by atoms with Gasteiger partial charge < -0.3 is 19.6 Å². The number of phenolic OH excluding ortho intramolecular Hbond substituents is 1. The molecular formula is C15H22N2O3. The molecule has 5 nitrogen and oxygen atoms in total. The first kappa shape index (κ1) is 14.7. The van der Waals surface area contributed by atoms with Gasteiger partial charge in [-0.25, -0.2) is 0 Å². The van der Waals surface area contributed by atoms with E-state index in [4.69, 9.17) is 4.74 Å². The van der Waals surface area contributed by atoms with Gasteiger partial charge in [-0.05, 0) is 53.0 Å². The number of ether oxygens (including phenoxy) is 1. The van der Waals surface area contributed by atoms with E-state index in [9.17, 15) is 9.90 Å². The number of aromatic hydroxyl groups is 1. The van der Waals surface area contributed by atoms with Crippen LogP contribution in [0.2, 0.25) is 0 Å². The van der Waals surface area contributed by atoms with E-state index in [0.717, 1.165) is 18.7 Å². The van der Waals surface area contributed by atoms with Crippen molar-refractivity contribution < 1.29 is 14.6 Å². The summed E-state index contributed by atoms with van der Waals surface area (Å²) < 4.78 is 5.71. The summed E-state index contributed by atoms with van der Waals surface area (Å²) in [4.78, 5) is 16.3. The predicted molar refractivity (Wildman–Crippen MR) is 78.3 cm³/mol. The predicted octanol–water partition coefficient (Wildman–Crippen LogP) is 1.85. The van der Waals surface area contributed by atoms with E-state index in [2.05, 4.69) is 4.90 Å². The Hall–Kier alpha value is -1.75. The molecule has 1 N–H and O–H groups in total. The summed E-state index contributed by atoms with van der Waals surface area (Å²) in [5, 5.41) is 9.57. The fraction of sp³-hybridized carbons (Fsp3) is 0.533. The van der Waals surface area contributed by atoms with E-state index in [1.165, 1.54) is 0 Å². The first-order chi connectivity index (χ1) is 9.31. The molecular weight excluding hydrogens is 256 g/mol. The third-order valence-corrected chi connectivity index (χ3v) is 3.35. The Bertz CT molecular complexity index is 512. The second kappa shape index (κ2) is 5.32. The van der Waals surface area contributed by atoms with Crippen molar-refractivity contribution in [3.05, 3.63) is 18.2 Å². The Morgan fingerprint density at radius 2 is 2.05 bits per heavy atom. The van der Waals surface area contributed by atoms with E-state index in [-0.39, 0.29) is 11.7 Å². The van der Waals surface area contributed by atoms with Crippen molar-refractivity contribution in [2.45, 2.75) is 25.9 Å². The maximum atomic E-state index is 12.5. The number of carbonyl (C=O) groups is 1. The molecule has 2 rings (SSSR count). The van der Waals surface area contributed by atoms with Crippen molar-refractivity contribution in [3.63, 3.8) is 0 Å². The van der Waals surface area contributed by atoms with Gasteiger partial charge in [-0.1, -0.05) is 0 Å². The minimum absolute atomic E-state index is 0.0468. The summed E-state index contributed by atoms with van der Waals surface area (Å²) >= 11 is 0. The van der Waals surface area contributed by atoms with Crippen LogP contribution < -0.4 is 9.64 Å². The van der Waals surface area contributed by atoms with Gasteiger partial charge in [0.05, 0.1) is 5.69 Å². The monoisotopic (exact) mass is 278 g/mol. The zero-order valence-electron chi connectivity index (χ0n) is 12.5. The van der Waals surface area contributed by atoms with Crippen molar-refractivity contribution in [3.8, 4) is 11.5 Å². The molecule has 0 fully saturated rings. The lowest BCUT2D eigenvalue weighted by atomic mass is 10.0. The lowest BCUT2D eigenvalue weighted by Gasteiger charge is -2.39. The van der Waals surface area contributed by atoms with Crippen LogP contribution in [-0.4, -0.2) is 48.7 Å². The number of rotatable bonds is 4. The van der Waals surface area contributed by atoms with Crippen molar-refractivity contribution in [1.29, 1.82) is 0 Å². The topological polar surface area (TPSA) is 53.0 Å². The highest BCUT2D eigenvalue weighted by Gasteiger charge is 2.40. The van der Waals surface area contributed by atoms with Crippen LogP contribution in [0.4, 0.5) is 5.69 Å². The second-order valence-corrected chi connectivity index (χ2v) is 5.88. The summed E-state index contributed by atoms with van der Waals surface area (Å²) in [5.74, 6) is 0.649. The normalized spacial score (nSPS) is 17.1. The number of benzene rings is 1. The number of fused-ring (bicyclic) bond motifs is 1. The Morgan fingerprint density at radius 3 is 2.70 bits per heavy atom. The van der Waals surface area contributed by atoms with Crippen LogP contribution in [0.1, 0.15) is 20.3 Å². The number of hydrogen-bond donors (Lipinski definition) is 1. The molecule has 20 heavy (non-hydrogen) atoms. The second-order valence-electron chi connectivity index (χ2n) is 5.88. The van der Waals surface area contributed by atoms with Gasteiger partial charge in [-0.3, -0.25) is 4.79 Å². The average Bonchev–Trinajstić information content (AvgIpc) is 2.33. The molecule has 1 aromatic carbocycles. The highest BCUT2D eigenvalue weighted by atomic mass is 16.5. The first-order valence-electron chi connectivity index (χ1n) is 6.80. The SMILES string of the molecule is CN(C)CCCN1C(=O)C(C)(C)Oc2cc(O)ccc21. The lowest BCUT2D eigenvalue weighted by molar-refractivity contribution is -0.132. The molecule has 0 saturated heterocycles. The molecule has 0 aromatic heterocycles. The number of carbonyl (C=O) groups excluding carboxylic acids is 1. The van der Waals surface area contributed by atoms with E-state index in [0.29, 0.717) is 12.3 Å². The van der Waals surface area contributed by atoms with Crippen LogP contribution in [0, 0.1) is 0 Å². The van der Waals surface area contributed by atoms with Crippen molar-refractivity contribution >= 4 is 11.6 Å². The summed E-state index contributed by atoms with van der Waals surface area (Å²) in [6.07, 6.45) is 0.884. The highest BCUT2D eigenvalue weighted by Crippen LogP contribution is 2.39. The Labute approximate surface area is 119 Å². The van der Waals surface area contributed by atoms with Crippen molar-refractivity contribution in [2.24, 2.45) is 0 Å². The molecule has 1 heterocycles. The molecule has 0 atom stereocenters. The van der Waals surface area contributed by atoms with Gasteiger partial charge in [0.2, 0.25) is 0 Å². The minimum atomic E-state index is -0.904. The number of anilines is 1. The van der Waals surface area contributed by atoms with Gasteiger partial charge in [0.15, 0.2) is 5.60 Å². The molecule has 0 saturated carbocycles. The molecule has 1 aliphatic heterocycles. The molecule has 1 amide bonds. The van der Waals surface area contributed by atoms with Gasteiger partial charge in [0.25, 0.3) is 5.91 Å². The number of phenols is 1. The molecule has 0 spiro atoms. The Morgan fingerprint density at radius 1 is 1.35 bits per heavy atom. The molecule has 110 valence electrons. The van der Waals surface area contributed by atoms with E-state index in [1.807, 2.05) is 14.1 Å². The minimum Gasteiger partial charge on any atom is -0.508 e. The van der Waals surface area contributed by atoms with Gasteiger partial charge in [-0.2, -0.15) is 0 Å². The van der Waals surface area contributed by atoms with Gasteiger partial charge in [0, 0.05) is 12.6 Å². The summed E-state index contributed by atoms with van der Waals surface area (Å²) in [7, 11) is 4.02. The van der Waals surface area contributed by atoms with Crippen LogP contribution in [0.25, 0.3) is 0 Å². The quantitative estimate of drug-likeness (QED) is 0.913. The van der Waals surface area contributed by atoms with E-state index in [1.54, 1.807) is 36.9 Å². The third kappa shape index (κ3) is 2.88. The number of hydrogen-bond acceptors (Lipinski definition) is 4. The first-order valence-corrected chi connectivity index (χ1v) is 6.80. The molecule has 0 bridgehead atoms. The van der Waals surface area contributed by atoms with Crippen LogP contribution in [0.15, 0.2) is 18.2 Å². The molecule has 1 aromatic rings. The molecule has 0 radical (unpaired) electrons. The fourth-order valence-corrected chi connectivity index (χ4v) is 2.33. The summed E-state index contributed by atoms with van der Waals surface area (Å²) in [5.41, 5.74) is -0.176. The van der Waals surface area contributed by atoms with Crippen LogP contribution >= 0.6 is 0 Å². The zero-order valence-corrected chi connectivity index (χ0v) is 12.5. The standard InChI is InChI=1S/C15H22N2O3/c1-15(2)14(19)17(9-5-8-16(3)4)12-7-6-11(18)10-13(12)20-15/h6-7,10,18H,5,8-9H2,1-4H3. The van der Waals surface area contributed by atoms with Crippen LogP contribution in [0.5, 0.6) is 11.5 Å². The number of nitrogens with zero attached hydrogens (tertiary/aromatic N) is 2. The van der Waals surface area contributed by atoms with Gasteiger partial charge in [0.1, 0.15) is 11.5 Å². The van der Waals surface area contributed by atoms with E-state index >= 15 is 0 Å². The van der Waals surface area contributed by atoms with Crippen LogP contribution in [0.3, 0.4) is 0 Å². The molecule has 0 unspecified atom stereocenters. The highest BCUT2D eigenvalue weighted by molar-refractivity contribution is 6.02. The Kier molecular flexibility index (Phi) is 3.90. The molecule has 1 aliphatic rings. The Balaban J connectivity index is 2.27. The maximum absolute atomic E-state index is 12.5. The maximum Gasteiger partial charge on any atom is 0.270 e. The van der Waals surface area contributed by atoms with Gasteiger partial charge in [-0.15, -0.1) is 0 Å². The molecule has 0 aliphatic carbocycles. The van der Waals surface area contributed by atoms with E-state index < -0.39 is 5.60 Å². The third-order valence-electron chi connectivity index (χ3n) is 3.35. The lowest BCUT2D eigenvalue weighted by Crippen LogP contribution is -2.53. The van der Waals surface area contributed by atoms with Crippen molar-refractivity contribution in [2.75, 3.05) is 32.1 Å². The fourth-order valence-electron chi connectivity index (χ4n) is 2.33. The number of amides is 1. The summed E-state index contributed by atoms with van der Waals surface area (Å²) in [6.45, 7) is 5.06. The van der Waals surface area contributed by atoms with Crippen molar-refractivity contribution in [1.82, 2.24) is 4.90 Å². The smallest absolute Gasteiger partial charge is 0.270 e. The average molecular weight is 278 g/mol. The van der Waals surface area contributed by atoms with Crippen LogP contribution in [-0.2, 0) is 4.79 Å². The molecule has 5 heteroatoms.